The third kappa shape index (κ3) is 6.17. The number of fused-ring (bicyclic) bond motifs is 1. The molecule has 0 bridgehead atoms. The molecule has 1 saturated heterocycles. The number of hydrogen-bond donors (Lipinski definition) is 2. The number of nitrogens with zero attached hydrogens (tertiary/aromatic N) is 5. The zero-order valence-corrected chi connectivity index (χ0v) is 24.5. The Morgan fingerprint density at radius 1 is 1.12 bits per heavy atom. The Kier molecular flexibility index (Phi) is 8.76. The van der Waals surface area contributed by atoms with Crippen molar-refractivity contribution in [3.63, 3.8) is 0 Å². The van der Waals surface area contributed by atoms with Crippen LogP contribution >= 0.6 is 0 Å². The molecule has 1 aliphatic carbocycles. The molecule has 5 rings (SSSR count). The zero-order chi connectivity index (χ0) is 29.3. The summed E-state index contributed by atoms with van der Waals surface area (Å²) in [5.74, 6) is -1.73. The molecule has 0 unspecified atom stereocenters. The average molecular weight is 592 g/mol. The Bertz CT molecular complexity index is 1500. The molecule has 2 aliphatic rings. The number of aromatic amines is 1. The molecule has 1 amide bonds. The van der Waals surface area contributed by atoms with Gasteiger partial charge in [0.15, 0.2) is 11.6 Å². The molecule has 224 valence electrons. The van der Waals surface area contributed by atoms with E-state index < -0.39 is 33.5 Å². The van der Waals surface area contributed by atoms with Crippen molar-refractivity contribution in [1.82, 2.24) is 29.0 Å². The summed E-state index contributed by atoms with van der Waals surface area (Å²) in [5.41, 5.74) is 6.83. The molecule has 0 radical (unpaired) electrons. The average Bonchev–Trinajstić information content (AvgIpc) is 3.54. The van der Waals surface area contributed by atoms with E-state index in [1.165, 1.54) is 23.0 Å². The van der Waals surface area contributed by atoms with E-state index in [1.807, 2.05) is 11.8 Å². The number of H-pyrrole nitrogens is 1. The second-order valence-corrected chi connectivity index (χ2v) is 13.3. The maximum atomic E-state index is 15.9. The van der Waals surface area contributed by atoms with Gasteiger partial charge < -0.3 is 10.7 Å². The summed E-state index contributed by atoms with van der Waals surface area (Å²) in [6.45, 7) is 3.92. The molecule has 3 aromatic rings. The monoisotopic (exact) mass is 591 g/mol. The molecule has 1 aliphatic heterocycles. The quantitative estimate of drug-likeness (QED) is 0.411. The number of nitrogens with one attached hydrogen (secondary N) is 1. The topological polar surface area (TPSA) is 130 Å². The highest BCUT2D eigenvalue weighted by Crippen LogP contribution is 2.40. The maximum Gasteiger partial charge on any atom is 0.267 e. The molecular weight excluding hydrogens is 552 g/mol. The van der Waals surface area contributed by atoms with E-state index in [2.05, 4.69) is 15.1 Å². The summed E-state index contributed by atoms with van der Waals surface area (Å²) in [5, 5.41) is 4.41. The van der Waals surface area contributed by atoms with Crippen LogP contribution in [0.1, 0.15) is 85.2 Å². The van der Waals surface area contributed by atoms with Gasteiger partial charge in [0.25, 0.3) is 5.91 Å². The first-order valence-electron chi connectivity index (χ1n) is 14.5. The van der Waals surface area contributed by atoms with E-state index in [0.29, 0.717) is 49.8 Å². The summed E-state index contributed by atoms with van der Waals surface area (Å²) in [6.07, 6.45) is 10.1. The first-order valence-corrected chi connectivity index (χ1v) is 16.3. The molecule has 3 N–H and O–H groups in total. The summed E-state index contributed by atoms with van der Waals surface area (Å²) in [7, 11) is -3.29. The Morgan fingerprint density at radius 3 is 2.39 bits per heavy atom. The van der Waals surface area contributed by atoms with Gasteiger partial charge in [-0.05, 0) is 31.7 Å². The van der Waals surface area contributed by atoms with E-state index in [0.717, 1.165) is 38.5 Å². The summed E-state index contributed by atoms with van der Waals surface area (Å²) in [6, 6.07) is 1.18. The fourth-order valence-electron chi connectivity index (χ4n) is 6.47. The number of primary amides is 1. The Morgan fingerprint density at radius 2 is 1.78 bits per heavy atom. The van der Waals surface area contributed by atoms with Gasteiger partial charge in [0, 0.05) is 56.3 Å². The molecular formula is C28H39F2N7O3S. The summed E-state index contributed by atoms with van der Waals surface area (Å²) < 4.78 is 58.0. The molecule has 13 heteroatoms. The van der Waals surface area contributed by atoms with Gasteiger partial charge >= 0.3 is 0 Å². The number of carbonyl (C=O) groups excluding carboxylic acids is 1. The second-order valence-electron chi connectivity index (χ2n) is 11.3. The smallest absolute Gasteiger partial charge is 0.267 e. The Hall–Kier alpha value is -2.90. The van der Waals surface area contributed by atoms with Crippen LogP contribution in [0.25, 0.3) is 11.0 Å². The number of piperazine rings is 1. The largest absolute Gasteiger partial charge is 0.364 e. The fourth-order valence-corrected chi connectivity index (χ4v) is 7.30. The maximum absolute atomic E-state index is 15.9. The van der Waals surface area contributed by atoms with E-state index in [9.17, 15) is 13.2 Å². The van der Waals surface area contributed by atoms with Crippen LogP contribution in [0.15, 0.2) is 12.3 Å². The molecule has 2 fully saturated rings. The van der Waals surface area contributed by atoms with Crippen LogP contribution in [0, 0.1) is 17.6 Å². The zero-order valence-electron chi connectivity index (χ0n) is 23.7. The minimum absolute atomic E-state index is 0.0101. The van der Waals surface area contributed by atoms with Crippen LogP contribution in [0.3, 0.4) is 0 Å². The van der Waals surface area contributed by atoms with Crippen molar-refractivity contribution >= 4 is 27.0 Å². The van der Waals surface area contributed by atoms with Gasteiger partial charge in [-0.25, -0.2) is 22.2 Å². The van der Waals surface area contributed by atoms with Crippen molar-refractivity contribution in [2.75, 3.05) is 32.4 Å². The number of imidazole rings is 1. The standard InChI is InChI=1S/C28H39F2N7O3S/c1-3-37-26(27(31)38)20(16-32-37)22(18-9-7-5-4-6-8-10-18)28-33-24-21(29)15-19(23(30)25(24)34-28)17-35-11-13-36(14-12-35)41(2,39)40/h15-16,18,22H,3-14,17H2,1-2H3,(H2,31,38)(H,33,34)/t22-/m1/s1. The van der Waals surface area contributed by atoms with Gasteiger partial charge in [0.05, 0.1) is 12.5 Å². The van der Waals surface area contributed by atoms with Crippen LogP contribution in [0.4, 0.5) is 8.78 Å². The van der Waals surface area contributed by atoms with Crippen molar-refractivity contribution in [2.45, 2.75) is 70.9 Å². The SMILES string of the molecule is CCn1ncc([C@H](c2nc3c(F)cc(CN4CCN(S(C)(=O)=O)CC4)c(F)c3[nH]2)C2CCCCCCC2)c1C(N)=O. The van der Waals surface area contributed by atoms with Gasteiger partial charge in [-0.3, -0.25) is 14.4 Å². The lowest BCUT2D eigenvalue weighted by Crippen LogP contribution is -2.47. The number of aryl methyl sites for hydroxylation is 1. The predicted octanol–water partition coefficient (Wildman–Crippen LogP) is 3.73. The van der Waals surface area contributed by atoms with Gasteiger partial charge in [0.2, 0.25) is 10.0 Å². The van der Waals surface area contributed by atoms with Crippen molar-refractivity contribution in [3.8, 4) is 0 Å². The highest BCUT2D eigenvalue weighted by atomic mass is 32.2. The normalized spacial score (nSPS) is 19.3. The second kappa shape index (κ2) is 12.1. The number of hydrogen-bond acceptors (Lipinski definition) is 6. The minimum atomic E-state index is -3.29. The van der Waals surface area contributed by atoms with E-state index >= 15 is 8.78 Å². The first-order chi connectivity index (χ1) is 19.6. The highest BCUT2D eigenvalue weighted by molar-refractivity contribution is 7.88. The van der Waals surface area contributed by atoms with Crippen molar-refractivity contribution in [2.24, 2.45) is 11.7 Å². The lowest BCUT2D eigenvalue weighted by Gasteiger charge is -2.33. The minimum Gasteiger partial charge on any atom is -0.364 e. The van der Waals surface area contributed by atoms with Gasteiger partial charge in [-0.15, -0.1) is 0 Å². The van der Waals surface area contributed by atoms with E-state index in [4.69, 9.17) is 5.73 Å². The predicted molar refractivity (Wildman–Crippen MR) is 152 cm³/mol. The van der Waals surface area contributed by atoms with Crippen molar-refractivity contribution < 1.29 is 22.0 Å². The first kappa shape index (κ1) is 29.6. The number of nitrogens with two attached hydrogens (primary N) is 1. The third-order valence-corrected chi connectivity index (χ3v) is 9.90. The van der Waals surface area contributed by atoms with Crippen LogP contribution in [-0.2, 0) is 23.1 Å². The Labute approximate surface area is 239 Å². The summed E-state index contributed by atoms with van der Waals surface area (Å²) >= 11 is 0. The van der Waals surface area contributed by atoms with Crippen molar-refractivity contribution in [3.05, 3.63) is 46.5 Å². The Balaban J connectivity index is 1.52. The molecule has 3 heterocycles. The lowest BCUT2D eigenvalue weighted by molar-refractivity contribution is 0.0988. The van der Waals surface area contributed by atoms with E-state index in [1.54, 1.807) is 10.9 Å². The molecule has 1 aromatic carbocycles. The molecule has 2 aromatic heterocycles. The van der Waals surface area contributed by atoms with Gasteiger partial charge in [-0.2, -0.15) is 9.40 Å². The lowest BCUT2D eigenvalue weighted by atomic mass is 9.78. The fraction of sp³-hybridized carbons (Fsp3) is 0.607. The number of benzene rings is 1. The molecule has 10 nitrogen and oxygen atoms in total. The van der Waals surface area contributed by atoms with Crippen LogP contribution < -0.4 is 5.73 Å². The third-order valence-electron chi connectivity index (χ3n) is 8.60. The number of rotatable bonds is 8. The molecule has 41 heavy (non-hydrogen) atoms. The number of aromatic nitrogens is 4. The molecule has 1 saturated carbocycles. The van der Waals surface area contributed by atoms with Crippen LogP contribution in [0.5, 0.6) is 0 Å². The highest BCUT2D eigenvalue weighted by Gasteiger charge is 2.34. The van der Waals surface area contributed by atoms with Gasteiger partial charge in [0.1, 0.15) is 22.6 Å². The number of halogens is 2. The molecule has 0 spiro atoms. The van der Waals surface area contributed by atoms with Crippen LogP contribution in [0.2, 0.25) is 0 Å². The summed E-state index contributed by atoms with van der Waals surface area (Å²) in [4.78, 5) is 22.2. The number of carbonyl (C=O) groups is 1. The van der Waals surface area contributed by atoms with Crippen molar-refractivity contribution in [1.29, 1.82) is 0 Å². The number of amides is 1. The molecule has 1 atom stereocenters. The number of sulfonamides is 1. The van der Waals surface area contributed by atoms with Crippen LogP contribution in [-0.4, -0.2) is 75.7 Å². The van der Waals surface area contributed by atoms with Gasteiger partial charge in [-0.1, -0.05) is 32.1 Å². The van der Waals surface area contributed by atoms with E-state index in [-0.39, 0.29) is 29.1 Å².